The largest absolute Gasteiger partial charge is 0.322 e. The summed E-state index contributed by atoms with van der Waals surface area (Å²) in [6, 6.07) is 4.23. The van der Waals surface area contributed by atoms with Crippen LogP contribution in [-0.2, 0) is 0 Å². The minimum absolute atomic E-state index is 0.594. The maximum atomic E-state index is 4.31. The molecule has 62 valence electrons. The second-order valence-electron chi connectivity index (χ2n) is 3.41. The molecule has 0 saturated heterocycles. The molecule has 0 spiro atoms. The fraction of sp³-hybridized carbons (Fsp3) is 0.400. The molecule has 1 aliphatic rings. The lowest BCUT2D eigenvalue weighted by Gasteiger charge is -2.00. The molecule has 0 unspecified atom stereocenters. The Balaban J connectivity index is 2.62. The van der Waals surface area contributed by atoms with Gasteiger partial charge in [0.1, 0.15) is 6.21 Å². The SMILES string of the molecule is CC(C)c1ccc2[n+](c1)=CCN=2. The number of aromatic nitrogens is 1. The lowest BCUT2D eigenvalue weighted by atomic mass is 10.1. The van der Waals surface area contributed by atoms with Crippen LogP contribution < -0.4 is 9.73 Å². The third-order valence-corrected chi connectivity index (χ3v) is 2.18. The molecule has 2 heteroatoms. The molecule has 1 aliphatic heterocycles. The van der Waals surface area contributed by atoms with E-state index < -0.39 is 0 Å². The number of fused-ring (bicyclic) bond motifs is 1. The van der Waals surface area contributed by atoms with Crippen molar-refractivity contribution in [2.45, 2.75) is 19.8 Å². The van der Waals surface area contributed by atoms with E-state index >= 15 is 0 Å². The summed E-state index contributed by atoms with van der Waals surface area (Å²) in [5.41, 5.74) is 2.44. The Morgan fingerprint density at radius 3 is 3.00 bits per heavy atom. The Morgan fingerprint density at radius 1 is 1.42 bits per heavy atom. The second-order valence-corrected chi connectivity index (χ2v) is 3.41. The lowest BCUT2D eigenvalue weighted by Crippen LogP contribution is -2.34. The third-order valence-electron chi connectivity index (χ3n) is 2.18. The Labute approximate surface area is 71.9 Å². The summed E-state index contributed by atoms with van der Waals surface area (Å²) in [5.74, 6) is 0.594. The van der Waals surface area contributed by atoms with E-state index in [1.54, 1.807) is 0 Å². The number of rotatable bonds is 1. The zero-order valence-corrected chi connectivity index (χ0v) is 7.49. The minimum atomic E-state index is 0.594. The first-order chi connectivity index (χ1) is 5.77. The summed E-state index contributed by atoms with van der Waals surface area (Å²) in [5, 5.41) is 0. The summed E-state index contributed by atoms with van der Waals surface area (Å²) >= 11 is 0. The van der Waals surface area contributed by atoms with Crippen molar-refractivity contribution >= 4 is 0 Å². The normalized spacial score (nSPS) is 13.9. The van der Waals surface area contributed by atoms with Gasteiger partial charge in [-0.1, -0.05) is 18.8 Å². The highest BCUT2D eigenvalue weighted by Crippen LogP contribution is 2.09. The standard InChI is InChI=1S/C10H13N2/c1-8(2)9-3-4-10-11-5-6-12(10)7-9/h3-4,6-8H,5H2,1-2H3/q+1. The number of nitrogens with zero attached hydrogens (tertiary/aromatic N) is 2. The van der Waals surface area contributed by atoms with Crippen molar-refractivity contribution in [3.8, 4) is 0 Å². The van der Waals surface area contributed by atoms with E-state index in [1.807, 2.05) is 0 Å². The van der Waals surface area contributed by atoms with Gasteiger partial charge in [0, 0.05) is 6.07 Å². The van der Waals surface area contributed by atoms with E-state index in [-0.39, 0.29) is 0 Å². The van der Waals surface area contributed by atoms with Crippen molar-refractivity contribution in [3.05, 3.63) is 35.6 Å². The molecular weight excluding hydrogens is 148 g/mol. The molecule has 0 N–H and O–H groups in total. The van der Waals surface area contributed by atoms with E-state index in [0.717, 1.165) is 12.0 Å². The van der Waals surface area contributed by atoms with Crippen LogP contribution >= 0.6 is 0 Å². The zero-order valence-electron chi connectivity index (χ0n) is 7.49. The van der Waals surface area contributed by atoms with Crippen molar-refractivity contribution in [2.75, 3.05) is 6.54 Å². The molecule has 0 atom stereocenters. The molecule has 0 bridgehead atoms. The molecule has 2 heterocycles. The minimum Gasteiger partial charge on any atom is -0.203 e. The summed E-state index contributed by atoms with van der Waals surface area (Å²) < 4.78 is 2.11. The second kappa shape index (κ2) is 2.70. The highest BCUT2D eigenvalue weighted by atomic mass is 15.0. The fourth-order valence-corrected chi connectivity index (χ4v) is 1.37. The highest BCUT2D eigenvalue weighted by molar-refractivity contribution is 5.09. The lowest BCUT2D eigenvalue weighted by molar-refractivity contribution is -0.522. The van der Waals surface area contributed by atoms with Gasteiger partial charge >= 0.3 is 5.49 Å². The van der Waals surface area contributed by atoms with Crippen molar-refractivity contribution in [1.29, 1.82) is 0 Å². The number of hydrogen-bond acceptors (Lipinski definition) is 1. The van der Waals surface area contributed by atoms with Gasteiger partial charge in [-0.25, -0.2) is 4.24 Å². The summed E-state index contributed by atoms with van der Waals surface area (Å²) in [7, 11) is 0. The van der Waals surface area contributed by atoms with Crippen molar-refractivity contribution in [2.24, 2.45) is 4.99 Å². The van der Waals surface area contributed by atoms with Gasteiger partial charge in [-0.2, -0.15) is 0 Å². The predicted octanol–water partition coefficient (Wildman–Crippen LogP) is 0.741. The van der Waals surface area contributed by atoms with Gasteiger partial charge in [-0.05, 0) is 17.5 Å². The summed E-state index contributed by atoms with van der Waals surface area (Å²) in [6.07, 6.45) is 4.26. The maximum absolute atomic E-state index is 4.31. The van der Waals surface area contributed by atoms with E-state index in [2.05, 4.69) is 47.6 Å². The van der Waals surface area contributed by atoms with Crippen LogP contribution in [0.25, 0.3) is 0 Å². The molecule has 0 aliphatic carbocycles. The Morgan fingerprint density at radius 2 is 2.25 bits per heavy atom. The molecule has 1 aromatic rings. The smallest absolute Gasteiger partial charge is 0.203 e. The van der Waals surface area contributed by atoms with Crippen LogP contribution in [0.15, 0.2) is 23.3 Å². The van der Waals surface area contributed by atoms with Gasteiger partial charge in [-0.15, -0.1) is 0 Å². The maximum Gasteiger partial charge on any atom is 0.322 e. The third kappa shape index (κ3) is 1.13. The van der Waals surface area contributed by atoms with Crippen molar-refractivity contribution in [1.82, 2.24) is 0 Å². The van der Waals surface area contributed by atoms with Gasteiger partial charge in [0.15, 0.2) is 6.54 Å². The van der Waals surface area contributed by atoms with E-state index in [4.69, 9.17) is 0 Å². The fourth-order valence-electron chi connectivity index (χ4n) is 1.37. The van der Waals surface area contributed by atoms with Gasteiger partial charge in [0.05, 0.1) is 6.20 Å². The number of hydrogen-bond donors (Lipinski definition) is 0. The Hall–Kier alpha value is -1.18. The van der Waals surface area contributed by atoms with Crippen LogP contribution in [0.2, 0.25) is 0 Å². The highest BCUT2D eigenvalue weighted by Gasteiger charge is 2.06. The molecule has 0 fully saturated rings. The Kier molecular flexibility index (Phi) is 1.68. The first kappa shape index (κ1) is 7.47. The first-order valence-corrected chi connectivity index (χ1v) is 4.33. The van der Waals surface area contributed by atoms with Gasteiger partial charge < -0.3 is 0 Å². The molecule has 1 aromatic heterocycles. The molecule has 0 aromatic carbocycles. The molecular formula is C10H13N2+. The topological polar surface area (TPSA) is 18.3 Å². The first-order valence-electron chi connectivity index (χ1n) is 4.33. The van der Waals surface area contributed by atoms with Crippen molar-refractivity contribution < 1.29 is 4.24 Å². The molecule has 12 heavy (non-hydrogen) atoms. The predicted molar refractivity (Wildman–Crippen MR) is 46.4 cm³/mol. The van der Waals surface area contributed by atoms with Crippen LogP contribution in [0.1, 0.15) is 25.3 Å². The summed E-state index contributed by atoms with van der Waals surface area (Å²) in [4.78, 5) is 4.31. The Bertz CT molecular complexity index is 404. The van der Waals surface area contributed by atoms with Crippen LogP contribution in [0, 0.1) is 6.21 Å². The van der Waals surface area contributed by atoms with Crippen LogP contribution in [0.4, 0.5) is 0 Å². The van der Waals surface area contributed by atoms with Crippen LogP contribution in [0.3, 0.4) is 0 Å². The van der Waals surface area contributed by atoms with Crippen LogP contribution in [-0.4, -0.2) is 6.54 Å². The molecule has 0 radical (unpaired) electrons. The quantitative estimate of drug-likeness (QED) is 0.541. The molecule has 2 nitrogen and oxygen atoms in total. The van der Waals surface area contributed by atoms with E-state index in [1.165, 1.54) is 5.56 Å². The van der Waals surface area contributed by atoms with E-state index in [0.29, 0.717) is 5.92 Å². The van der Waals surface area contributed by atoms with Gasteiger partial charge in [0.25, 0.3) is 0 Å². The van der Waals surface area contributed by atoms with Crippen LogP contribution in [0.5, 0.6) is 0 Å². The number of pyridine rings is 1. The average molecular weight is 161 g/mol. The average Bonchev–Trinajstić information content (AvgIpc) is 2.49. The molecule has 0 saturated carbocycles. The van der Waals surface area contributed by atoms with Gasteiger partial charge in [0.2, 0.25) is 0 Å². The summed E-state index contributed by atoms with van der Waals surface area (Å²) in [6.45, 7) is 5.23. The molecule has 0 amide bonds. The van der Waals surface area contributed by atoms with Gasteiger partial charge in [-0.3, -0.25) is 0 Å². The van der Waals surface area contributed by atoms with Crippen molar-refractivity contribution in [3.63, 3.8) is 0 Å². The zero-order chi connectivity index (χ0) is 8.55. The molecule has 2 rings (SSSR count). The monoisotopic (exact) mass is 161 g/mol. The van der Waals surface area contributed by atoms with E-state index in [9.17, 15) is 0 Å².